The van der Waals surface area contributed by atoms with E-state index >= 15 is 0 Å². The smallest absolute Gasteiger partial charge is 0.118 e. The Kier molecular flexibility index (Phi) is 4.20. The molecule has 1 N–H and O–H groups in total. The average Bonchev–Trinajstić information content (AvgIpc) is 2.26. The van der Waals surface area contributed by atoms with Gasteiger partial charge in [-0.05, 0) is 31.0 Å². The van der Waals surface area contributed by atoms with Crippen LogP contribution in [0.25, 0.3) is 0 Å². The minimum Gasteiger partial charge on any atom is -0.497 e. The second-order valence-electron chi connectivity index (χ2n) is 3.09. The molecule has 0 unspecified atom stereocenters. The third kappa shape index (κ3) is 2.89. The monoisotopic (exact) mass is 192 g/mol. The summed E-state index contributed by atoms with van der Waals surface area (Å²) in [5.41, 5.74) is 0.920. The van der Waals surface area contributed by atoms with Crippen molar-refractivity contribution in [3.63, 3.8) is 0 Å². The first kappa shape index (κ1) is 10.8. The van der Waals surface area contributed by atoms with Gasteiger partial charge in [0.1, 0.15) is 5.75 Å². The first-order valence-electron chi connectivity index (χ1n) is 4.71. The molecular formula is C12H16O2. The van der Waals surface area contributed by atoms with Crippen LogP contribution in [0, 0.1) is 0 Å². The lowest BCUT2D eigenvalue weighted by Gasteiger charge is -2.08. The van der Waals surface area contributed by atoms with Crippen molar-refractivity contribution in [1.82, 2.24) is 0 Å². The highest BCUT2D eigenvalue weighted by Crippen LogP contribution is 2.20. The minimum atomic E-state index is -0.419. The van der Waals surface area contributed by atoms with E-state index in [-0.39, 0.29) is 0 Å². The Bertz CT molecular complexity index is 288. The van der Waals surface area contributed by atoms with Gasteiger partial charge in [0.15, 0.2) is 0 Å². The molecule has 0 spiro atoms. The van der Waals surface area contributed by atoms with Gasteiger partial charge in [-0.2, -0.15) is 0 Å². The predicted molar refractivity (Wildman–Crippen MR) is 57.4 cm³/mol. The summed E-state index contributed by atoms with van der Waals surface area (Å²) in [5.74, 6) is 0.812. The van der Waals surface area contributed by atoms with Crippen LogP contribution in [0.1, 0.15) is 25.0 Å². The molecule has 0 radical (unpaired) electrons. The van der Waals surface area contributed by atoms with Crippen molar-refractivity contribution in [3.8, 4) is 5.75 Å². The van der Waals surface area contributed by atoms with Crippen LogP contribution in [0.15, 0.2) is 36.4 Å². The Hall–Kier alpha value is -1.28. The van der Waals surface area contributed by atoms with Crippen LogP contribution in [-0.2, 0) is 0 Å². The molecule has 1 aromatic carbocycles. The maximum absolute atomic E-state index is 9.72. The largest absolute Gasteiger partial charge is 0.497 e. The molecule has 2 heteroatoms. The number of benzene rings is 1. The summed E-state index contributed by atoms with van der Waals surface area (Å²) < 4.78 is 5.03. The Morgan fingerprint density at radius 3 is 2.50 bits per heavy atom. The molecule has 76 valence electrons. The van der Waals surface area contributed by atoms with Crippen molar-refractivity contribution in [3.05, 3.63) is 42.0 Å². The summed E-state index contributed by atoms with van der Waals surface area (Å²) in [6, 6.07) is 7.47. The van der Waals surface area contributed by atoms with Crippen LogP contribution in [0.5, 0.6) is 5.75 Å². The molecule has 1 rings (SSSR count). The number of hydrogen-bond donors (Lipinski definition) is 1. The fourth-order valence-corrected chi connectivity index (χ4v) is 1.23. The molecule has 0 aliphatic carbocycles. The van der Waals surface area contributed by atoms with Gasteiger partial charge in [0.25, 0.3) is 0 Å². The molecule has 0 aliphatic heterocycles. The van der Waals surface area contributed by atoms with Gasteiger partial charge in [0.05, 0.1) is 13.2 Å². The van der Waals surface area contributed by atoms with Crippen LogP contribution in [-0.4, -0.2) is 12.2 Å². The van der Waals surface area contributed by atoms with E-state index in [1.54, 1.807) is 7.11 Å². The standard InChI is InChI=1S/C12H16O2/c1-3-4-5-12(13)10-6-8-11(14-2)9-7-10/h3-4,6-9,12-13H,5H2,1-2H3/b4-3-/t12-/m1/s1. The molecule has 0 aromatic heterocycles. The zero-order valence-corrected chi connectivity index (χ0v) is 8.60. The Labute approximate surface area is 84.8 Å². The van der Waals surface area contributed by atoms with Crippen molar-refractivity contribution in [1.29, 1.82) is 0 Å². The van der Waals surface area contributed by atoms with E-state index in [0.29, 0.717) is 6.42 Å². The Morgan fingerprint density at radius 1 is 1.36 bits per heavy atom. The van der Waals surface area contributed by atoms with Crippen molar-refractivity contribution in [2.75, 3.05) is 7.11 Å². The zero-order chi connectivity index (χ0) is 10.4. The lowest BCUT2D eigenvalue weighted by atomic mass is 10.1. The third-order valence-corrected chi connectivity index (χ3v) is 2.10. The first-order valence-corrected chi connectivity index (χ1v) is 4.71. The normalized spacial score (nSPS) is 13.1. The fourth-order valence-electron chi connectivity index (χ4n) is 1.23. The quantitative estimate of drug-likeness (QED) is 0.743. The Balaban J connectivity index is 2.66. The van der Waals surface area contributed by atoms with E-state index in [2.05, 4.69) is 0 Å². The number of ether oxygens (including phenoxy) is 1. The van der Waals surface area contributed by atoms with E-state index in [0.717, 1.165) is 11.3 Å². The zero-order valence-electron chi connectivity index (χ0n) is 8.60. The fraction of sp³-hybridized carbons (Fsp3) is 0.333. The van der Waals surface area contributed by atoms with Crippen molar-refractivity contribution in [2.24, 2.45) is 0 Å². The topological polar surface area (TPSA) is 29.5 Å². The van der Waals surface area contributed by atoms with Gasteiger partial charge in [-0.1, -0.05) is 24.3 Å². The molecule has 14 heavy (non-hydrogen) atoms. The highest BCUT2D eigenvalue weighted by Gasteiger charge is 2.04. The number of aliphatic hydroxyl groups excluding tert-OH is 1. The summed E-state index contributed by atoms with van der Waals surface area (Å²) in [7, 11) is 1.63. The van der Waals surface area contributed by atoms with E-state index < -0.39 is 6.10 Å². The van der Waals surface area contributed by atoms with Crippen LogP contribution in [0.4, 0.5) is 0 Å². The van der Waals surface area contributed by atoms with Crippen molar-refractivity contribution in [2.45, 2.75) is 19.4 Å². The van der Waals surface area contributed by atoms with Gasteiger partial charge in [-0.15, -0.1) is 0 Å². The van der Waals surface area contributed by atoms with Gasteiger partial charge >= 0.3 is 0 Å². The van der Waals surface area contributed by atoms with Crippen molar-refractivity contribution < 1.29 is 9.84 Å². The minimum absolute atomic E-state index is 0.419. The summed E-state index contributed by atoms with van der Waals surface area (Å²) >= 11 is 0. The van der Waals surface area contributed by atoms with Crippen LogP contribution >= 0.6 is 0 Å². The van der Waals surface area contributed by atoms with Crippen LogP contribution in [0.2, 0.25) is 0 Å². The number of hydrogen-bond acceptors (Lipinski definition) is 2. The Morgan fingerprint density at radius 2 is 2.00 bits per heavy atom. The first-order chi connectivity index (χ1) is 6.77. The molecular weight excluding hydrogens is 176 g/mol. The molecule has 0 amide bonds. The van der Waals surface area contributed by atoms with Gasteiger partial charge in [0, 0.05) is 0 Å². The maximum Gasteiger partial charge on any atom is 0.118 e. The number of allylic oxidation sites excluding steroid dienone is 1. The van der Waals surface area contributed by atoms with E-state index in [9.17, 15) is 5.11 Å². The van der Waals surface area contributed by atoms with Gasteiger partial charge in [-0.25, -0.2) is 0 Å². The summed E-state index contributed by atoms with van der Waals surface area (Å²) in [6.45, 7) is 1.95. The molecule has 1 aromatic rings. The lowest BCUT2D eigenvalue weighted by Crippen LogP contribution is -1.95. The van der Waals surface area contributed by atoms with Crippen LogP contribution in [0.3, 0.4) is 0 Å². The maximum atomic E-state index is 9.72. The summed E-state index contributed by atoms with van der Waals surface area (Å²) in [4.78, 5) is 0. The lowest BCUT2D eigenvalue weighted by molar-refractivity contribution is 0.181. The van der Waals surface area contributed by atoms with E-state index in [1.807, 2.05) is 43.3 Å². The van der Waals surface area contributed by atoms with Gasteiger partial charge in [0.2, 0.25) is 0 Å². The summed E-state index contributed by atoms with van der Waals surface area (Å²) in [5, 5.41) is 9.72. The molecule has 0 heterocycles. The number of methoxy groups -OCH3 is 1. The average molecular weight is 192 g/mol. The molecule has 0 saturated heterocycles. The predicted octanol–water partition coefficient (Wildman–Crippen LogP) is 2.69. The van der Waals surface area contributed by atoms with E-state index in [4.69, 9.17) is 4.74 Å². The highest BCUT2D eigenvalue weighted by molar-refractivity contribution is 5.28. The summed E-state index contributed by atoms with van der Waals surface area (Å²) in [6.07, 6.45) is 4.13. The third-order valence-electron chi connectivity index (χ3n) is 2.10. The molecule has 0 saturated carbocycles. The van der Waals surface area contributed by atoms with Gasteiger partial charge in [-0.3, -0.25) is 0 Å². The number of rotatable bonds is 4. The molecule has 1 atom stereocenters. The molecule has 0 aliphatic rings. The van der Waals surface area contributed by atoms with Gasteiger partial charge < -0.3 is 9.84 Å². The highest BCUT2D eigenvalue weighted by atomic mass is 16.5. The molecule has 0 bridgehead atoms. The van der Waals surface area contributed by atoms with E-state index in [1.165, 1.54) is 0 Å². The SMILES string of the molecule is C/C=C\C[C@@H](O)c1ccc(OC)cc1. The second kappa shape index (κ2) is 5.45. The molecule has 0 fully saturated rings. The second-order valence-corrected chi connectivity index (χ2v) is 3.09. The van der Waals surface area contributed by atoms with Crippen LogP contribution < -0.4 is 4.74 Å². The van der Waals surface area contributed by atoms with Crippen molar-refractivity contribution >= 4 is 0 Å². The number of aliphatic hydroxyl groups is 1. The molecule has 2 nitrogen and oxygen atoms in total.